The van der Waals surface area contributed by atoms with Gasteiger partial charge in [0.2, 0.25) is 0 Å². The molecule has 0 bridgehead atoms. The third-order valence-corrected chi connectivity index (χ3v) is 5.77. The molecule has 0 aliphatic carbocycles. The van der Waals surface area contributed by atoms with Crippen LogP contribution in [0.5, 0.6) is 0 Å². The third-order valence-electron chi connectivity index (χ3n) is 3.46. The fourth-order valence-electron chi connectivity index (χ4n) is 2.07. The van der Waals surface area contributed by atoms with Crippen molar-refractivity contribution < 1.29 is 0 Å². The van der Waals surface area contributed by atoms with E-state index in [4.69, 9.17) is 5.73 Å². The highest BCUT2D eigenvalue weighted by Gasteiger charge is 2.13. The van der Waals surface area contributed by atoms with E-state index >= 15 is 0 Å². The molecule has 3 unspecified atom stereocenters. The van der Waals surface area contributed by atoms with Gasteiger partial charge in [0.1, 0.15) is 10.8 Å². The minimum Gasteiger partial charge on any atom is -0.383 e. The van der Waals surface area contributed by atoms with E-state index < -0.39 is 0 Å². The van der Waals surface area contributed by atoms with Gasteiger partial charge in [-0.3, -0.25) is 5.09 Å². The predicted molar refractivity (Wildman–Crippen MR) is 89.2 cm³/mol. The molecule has 3 N–H and O–H groups in total. The first-order chi connectivity index (χ1) is 9.21. The summed E-state index contributed by atoms with van der Waals surface area (Å²) in [5.41, 5.74) is 5.70. The number of aromatic nitrogens is 1. The Kier molecular flexibility index (Phi) is 8.60. The van der Waals surface area contributed by atoms with Gasteiger partial charge in [-0.05, 0) is 18.5 Å². The van der Waals surface area contributed by atoms with Gasteiger partial charge in [0.15, 0.2) is 0 Å². The first-order valence-electron chi connectivity index (χ1n) is 7.40. The molecule has 0 aliphatic heterocycles. The first kappa shape index (κ1) is 16.9. The maximum atomic E-state index is 5.70. The molecular weight excluding hydrogens is 273 g/mol. The molecule has 5 heteroatoms. The van der Waals surface area contributed by atoms with Gasteiger partial charge in [-0.1, -0.05) is 55.2 Å². The van der Waals surface area contributed by atoms with Crippen molar-refractivity contribution >= 4 is 25.9 Å². The van der Waals surface area contributed by atoms with Gasteiger partial charge in [-0.15, -0.1) is 11.3 Å². The van der Waals surface area contributed by atoms with Gasteiger partial charge >= 0.3 is 0 Å². The van der Waals surface area contributed by atoms with E-state index in [-0.39, 0.29) is 0 Å². The summed E-state index contributed by atoms with van der Waals surface area (Å²) in [6.07, 6.45) is 7.73. The van der Waals surface area contributed by atoms with Crippen LogP contribution in [0.1, 0.15) is 63.9 Å². The Morgan fingerprint density at radius 3 is 2.68 bits per heavy atom. The normalized spacial score (nSPS) is 15.1. The lowest BCUT2D eigenvalue weighted by atomic mass is 10.0. The standard InChI is InChI=1S/C14H28N3PS/c1-4-7-8-11(5-2)9-18-17-12(6-3)14-16-13(15)10-19-14/h10-12,17-18H,4-9,15H2,1-3H3. The Bertz CT molecular complexity index is 343. The van der Waals surface area contributed by atoms with E-state index in [9.17, 15) is 0 Å². The zero-order valence-electron chi connectivity index (χ0n) is 12.4. The summed E-state index contributed by atoms with van der Waals surface area (Å²) in [6.45, 7) is 6.78. The molecular formula is C14H28N3PS. The average Bonchev–Trinajstić information content (AvgIpc) is 2.84. The summed E-state index contributed by atoms with van der Waals surface area (Å²) in [6, 6.07) is 0.379. The molecule has 1 heterocycles. The Morgan fingerprint density at radius 1 is 1.37 bits per heavy atom. The third kappa shape index (κ3) is 6.20. The molecule has 19 heavy (non-hydrogen) atoms. The van der Waals surface area contributed by atoms with Gasteiger partial charge < -0.3 is 5.73 Å². The lowest BCUT2D eigenvalue weighted by molar-refractivity contribution is 0.496. The number of hydrogen-bond acceptors (Lipinski definition) is 4. The van der Waals surface area contributed by atoms with Crippen molar-refractivity contribution in [3.05, 3.63) is 10.4 Å². The van der Waals surface area contributed by atoms with Crippen LogP contribution in [0, 0.1) is 5.92 Å². The van der Waals surface area contributed by atoms with Gasteiger partial charge in [0.05, 0.1) is 6.04 Å². The smallest absolute Gasteiger partial charge is 0.134 e. The van der Waals surface area contributed by atoms with Gasteiger partial charge in [0.25, 0.3) is 0 Å². The van der Waals surface area contributed by atoms with Crippen LogP contribution in [0.15, 0.2) is 5.38 Å². The van der Waals surface area contributed by atoms with Gasteiger partial charge in [-0.25, -0.2) is 4.98 Å². The van der Waals surface area contributed by atoms with E-state index in [1.807, 2.05) is 5.38 Å². The van der Waals surface area contributed by atoms with Gasteiger partial charge in [-0.2, -0.15) is 0 Å². The average molecular weight is 301 g/mol. The molecule has 1 aromatic rings. The van der Waals surface area contributed by atoms with E-state index in [1.54, 1.807) is 11.3 Å². The Hall–Kier alpha value is -0.180. The molecule has 0 fully saturated rings. The predicted octanol–water partition coefficient (Wildman–Crippen LogP) is 4.58. The van der Waals surface area contributed by atoms with E-state index in [1.165, 1.54) is 31.8 Å². The first-order valence-corrected chi connectivity index (χ1v) is 9.49. The minimum atomic E-state index is 0.379. The second-order valence-corrected chi connectivity index (χ2v) is 6.95. The largest absolute Gasteiger partial charge is 0.383 e. The number of thiazole rings is 1. The van der Waals surface area contributed by atoms with Crippen LogP contribution < -0.4 is 10.8 Å². The SMILES string of the molecule is CCCCC(CC)CPNC(CC)c1nc(N)cs1. The molecule has 0 amide bonds. The Morgan fingerprint density at radius 2 is 2.16 bits per heavy atom. The van der Waals surface area contributed by atoms with Crippen LogP contribution in [-0.2, 0) is 0 Å². The Labute approximate surface area is 123 Å². The highest BCUT2D eigenvalue weighted by atomic mass is 32.1. The molecule has 110 valence electrons. The zero-order valence-corrected chi connectivity index (χ0v) is 14.2. The lowest BCUT2D eigenvalue weighted by Crippen LogP contribution is -2.14. The van der Waals surface area contributed by atoms with Crippen LogP contribution in [0.3, 0.4) is 0 Å². The molecule has 3 atom stereocenters. The number of anilines is 1. The van der Waals surface area contributed by atoms with Crippen LogP contribution in [0.4, 0.5) is 5.82 Å². The summed E-state index contributed by atoms with van der Waals surface area (Å²) < 4.78 is 0. The summed E-state index contributed by atoms with van der Waals surface area (Å²) in [5.74, 6) is 1.53. The maximum Gasteiger partial charge on any atom is 0.134 e. The van der Waals surface area contributed by atoms with Crippen LogP contribution in [0.2, 0.25) is 0 Å². The fraction of sp³-hybridized carbons (Fsp3) is 0.786. The molecule has 0 spiro atoms. The molecule has 0 saturated heterocycles. The molecule has 0 saturated carbocycles. The lowest BCUT2D eigenvalue weighted by Gasteiger charge is -2.18. The number of hydrogen-bond donors (Lipinski definition) is 2. The number of nitrogens with one attached hydrogen (secondary N) is 1. The highest BCUT2D eigenvalue weighted by molar-refractivity contribution is 7.35. The molecule has 3 nitrogen and oxygen atoms in total. The van der Waals surface area contributed by atoms with E-state index in [0.29, 0.717) is 11.9 Å². The summed E-state index contributed by atoms with van der Waals surface area (Å²) in [7, 11) is 0.828. The van der Waals surface area contributed by atoms with E-state index in [2.05, 4.69) is 30.8 Å². The molecule has 0 aromatic carbocycles. The minimum absolute atomic E-state index is 0.379. The number of nitrogens with zero attached hydrogens (tertiary/aromatic N) is 1. The number of rotatable bonds is 10. The van der Waals surface area contributed by atoms with Crippen LogP contribution in [-0.4, -0.2) is 11.1 Å². The summed E-state index contributed by atoms with van der Waals surface area (Å²) in [5, 5.41) is 6.72. The second-order valence-electron chi connectivity index (χ2n) is 5.01. The fourth-order valence-corrected chi connectivity index (χ4v) is 4.50. The quantitative estimate of drug-likeness (QED) is 0.622. The van der Waals surface area contributed by atoms with Crippen molar-refractivity contribution in [1.29, 1.82) is 0 Å². The van der Waals surface area contributed by atoms with E-state index in [0.717, 1.165) is 26.1 Å². The maximum absolute atomic E-state index is 5.70. The number of nitrogen functional groups attached to an aromatic ring is 1. The molecule has 1 aromatic heterocycles. The van der Waals surface area contributed by atoms with Crippen molar-refractivity contribution in [2.45, 2.75) is 58.9 Å². The van der Waals surface area contributed by atoms with Crippen LogP contribution in [0.25, 0.3) is 0 Å². The topological polar surface area (TPSA) is 50.9 Å². The molecule has 1 rings (SSSR count). The van der Waals surface area contributed by atoms with Crippen LogP contribution >= 0.6 is 20.1 Å². The summed E-state index contributed by atoms with van der Waals surface area (Å²) >= 11 is 1.67. The molecule has 0 aliphatic rings. The summed E-state index contributed by atoms with van der Waals surface area (Å²) in [4.78, 5) is 4.39. The highest BCUT2D eigenvalue weighted by Crippen LogP contribution is 2.27. The van der Waals surface area contributed by atoms with Crippen molar-refractivity contribution in [3.63, 3.8) is 0 Å². The van der Waals surface area contributed by atoms with Crippen molar-refractivity contribution in [1.82, 2.24) is 10.1 Å². The van der Waals surface area contributed by atoms with Crippen molar-refractivity contribution in [2.24, 2.45) is 5.92 Å². The number of nitrogens with two attached hydrogens (primary N) is 1. The van der Waals surface area contributed by atoms with Crippen molar-refractivity contribution in [2.75, 3.05) is 11.9 Å². The van der Waals surface area contributed by atoms with Gasteiger partial charge in [0, 0.05) is 5.38 Å². The second kappa shape index (κ2) is 9.68. The van der Waals surface area contributed by atoms with Crippen molar-refractivity contribution in [3.8, 4) is 0 Å². The zero-order chi connectivity index (χ0) is 14.1. The molecule has 0 radical (unpaired) electrons. The monoisotopic (exact) mass is 301 g/mol. The Balaban J connectivity index is 2.33. The number of unbranched alkanes of at least 4 members (excludes halogenated alkanes) is 1.